The van der Waals surface area contributed by atoms with E-state index >= 15 is 0 Å². The number of hydrogen-bond donors (Lipinski definition) is 2. The molecule has 1 aromatic rings. The normalized spacial score (nSPS) is 23.9. The maximum atomic E-state index is 12.9. The first kappa shape index (κ1) is 22.1. The fourth-order valence-electron chi connectivity index (χ4n) is 4.86. The van der Waals surface area contributed by atoms with Crippen LogP contribution < -0.4 is 10.6 Å². The molecule has 2 atom stereocenters. The molecular weight excluding hydrogens is 412 g/mol. The third kappa shape index (κ3) is 5.03. The molecule has 2 heterocycles. The third-order valence-electron chi connectivity index (χ3n) is 6.63. The van der Waals surface area contributed by atoms with Crippen LogP contribution in [0.2, 0.25) is 0 Å². The van der Waals surface area contributed by atoms with Crippen molar-refractivity contribution in [2.45, 2.75) is 57.2 Å². The van der Waals surface area contributed by atoms with Crippen LogP contribution in [0.1, 0.15) is 44.1 Å². The number of amides is 5. The number of imide groups is 1. The molecule has 2 unspecified atom stereocenters. The second-order valence-electron chi connectivity index (χ2n) is 8.68. The lowest BCUT2D eigenvalue weighted by atomic mass is 9.81. The molecule has 5 amide bonds. The highest BCUT2D eigenvalue weighted by molar-refractivity contribution is 5.99. The molecule has 9 heteroatoms. The Morgan fingerprint density at radius 1 is 1.03 bits per heavy atom. The molecule has 0 aromatic heterocycles. The van der Waals surface area contributed by atoms with Gasteiger partial charge in [-0.15, -0.1) is 0 Å². The molecule has 2 saturated heterocycles. The van der Waals surface area contributed by atoms with Crippen LogP contribution in [-0.4, -0.2) is 65.5 Å². The Kier molecular flexibility index (Phi) is 6.92. The Morgan fingerprint density at radius 3 is 2.50 bits per heavy atom. The van der Waals surface area contributed by atoms with Crippen molar-refractivity contribution in [1.82, 2.24) is 20.4 Å². The molecule has 0 radical (unpaired) electrons. The molecule has 4 rings (SSSR count). The molecule has 32 heavy (non-hydrogen) atoms. The molecule has 2 aliphatic heterocycles. The van der Waals surface area contributed by atoms with Gasteiger partial charge in [-0.1, -0.05) is 43.2 Å². The number of urea groups is 1. The van der Waals surface area contributed by atoms with Gasteiger partial charge in [-0.25, -0.2) is 9.59 Å². The van der Waals surface area contributed by atoms with E-state index in [-0.39, 0.29) is 49.0 Å². The highest BCUT2D eigenvalue weighted by atomic mass is 16.5. The van der Waals surface area contributed by atoms with Crippen molar-refractivity contribution in [1.29, 1.82) is 0 Å². The summed E-state index contributed by atoms with van der Waals surface area (Å²) >= 11 is 0. The largest absolute Gasteiger partial charge is 0.445 e. The zero-order valence-corrected chi connectivity index (χ0v) is 18.1. The average molecular weight is 443 g/mol. The van der Waals surface area contributed by atoms with Crippen molar-refractivity contribution in [3.8, 4) is 0 Å². The van der Waals surface area contributed by atoms with E-state index in [9.17, 15) is 19.2 Å². The number of ether oxygens (including phenoxy) is 1. The Bertz CT molecular complexity index is 853. The number of hydrogen-bond acceptors (Lipinski definition) is 5. The predicted molar refractivity (Wildman–Crippen MR) is 115 cm³/mol. The van der Waals surface area contributed by atoms with Crippen molar-refractivity contribution in [2.75, 3.05) is 19.6 Å². The number of carbonyl (C=O) groups is 4. The van der Waals surface area contributed by atoms with E-state index in [1.807, 2.05) is 30.3 Å². The highest BCUT2D eigenvalue weighted by Gasteiger charge is 2.45. The summed E-state index contributed by atoms with van der Waals surface area (Å²) in [6.07, 6.45) is 4.19. The van der Waals surface area contributed by atoms with Gasteiger partial charge >= 0.3 is 12.1 Å². The van der Waals surface area contributed by atoms with E-state index in [0.717, 1.165) is 31.2 Å². The molecule has 0 bridgehead atoms. The third-order valence-corrected chi connectivity index (χ3v) is 6.63. The van der Waals surface area contributed by atoms with Crippen LogP contribution in [0.25, 0.3) is 0 Å². The molecule has 9 nitrogen and oxygen atoms in total. The average Bonchev–Trinajstić information content (AvgIpc) is 2.82. The summed E-state index contributed by atoms with van der Waals surface area (Å²) in [7, 11) is 0. The molecule has 2 N–H and O–H groups in total. The number of likely N-dealkylation sites (tertiary alicyclic amines) is 1. The first-order valence-electron chi connectivity index (χ1n) is 11.4. The van der Waals surface area contributed by atoms with Gasteiger partial charge in [0, 0.05) is 25.2 Å². The van der Waals surface area contributed by atoms with E-state index in [0.29, 0.717) is 25.9 Å². The minimum atomic E-state index is -0.644. The van der Waals surface area contributed by atoms with E-state index in [2.05, 4.69) is 10.6 Å². The number of rotatable bonds is 5. The molecule has 3 fully saturated rings. The zero-order valence-electron chi connectivity index (χ0n) is 18.1. The highest BCUT2D eigenvalue weighted by Crippen LogP contribution is 2.31. The number of nitrogens with zero attached hydrogens (tertiary/aromatic N) is 2. The summed E-state index contributed by atoms with van der Waals surface area (Å²) in [5.41, 5.74) is 0.867. The van der Waals surface area contributed by atoms with Crippen LogP contribution in [-0.2, 0) is 20.9 Å². The summed E-state index contributed by atoms with van der Waals surface area (Å²) in [5, 5.41) is 5.50. The fraction of sp³-hybridized carbons (Fsp3) is 0.565. The van der Waals surface area contributed by atoms with Gasteiger partial charge in [-0.2, -0.15) is 0 Å². The summed E-state index contributed by atoms with van der Waals surface area (Å²) in [6.45, 7) is 0.871. The molecule has 1 aromatic carbocycles. The van der Waals surface area contributed by atoms with Gasteiger partial charge in [0.05, 0.1) is 5.92 Å². The molecular formula is C23H30N4O5. The van der Waals surface area contributed by atoms with Gasteiger partial charge in [-0.3, -0.25) is 14.5 Å². The standard InChI is InChI=1S/C23H30N4O5/c28-20(14-24-23(31)32-15-16-6-2-1-3-7-16)26-12-10-17(11-13-26)27-21(29)18-8-4-5-9-19(18)25-22(27)30/h1-3,6-7,17-19H,4-5,8-15H2,(H,24,31)(H,25,30). The smallest absolute Gasteiger partial charge is 0.407 e. The lowest BCUT2D eigenvalue weighted by molar-refractivity contribution is -0.140. The summed E-state index contributed by atoms with van der Waals surface area (Å²) in [5.74, 6) is -0.389. The number of benzene rings is 1. The molecule has 1 aliphatic carbocycles. The predicted octanol–water partition coefficient (Wildman–Crippen LogP) is 2.01. The Hall–Kier alpha value is -3.10. The van der Waals surface area contributed by atoms with Crippen LogP contribution in [0.5, 0.6) is 0 Å². The van der Waals surface area contributed by atoms with Crippen LogP contribution in [0.15, 0.2) is 30.3 Å². The van der Waals surface area contributed by atoms with Crippen LogP contribution in [0.4, 0.5) is 9.59 Å². The molecule has 1 saturated carbocycles. The van der Waals surface area contributed by atoms with Crippen LogP contribution >= 0.6 is 0 Å². The Balaban J connectivity index is 1.21. The van der Waals surface area contributed by atoms with Gasteiger partial charge in [0.25, 0.3) is 0 Å². The SMILES string of the molecule is O=C(NCC(=O)N1CCC(N2C(=O)NC3CCCCC3C2=O)CC1)OCc1ccccc1. The molecule has 3 aliphatic rings. The Labute approximate surface area is 187 Å². The van der Waals surface area contributed by atoms with Crippen molar-refractivity contribution in [3.63, 3.8) is 0 Å². The van der Waals surface area contributed by atoms with Gasteiger partial charge in [0.15, 0.2) is 0 Å². The van der Waals surface area contributed by atoms with E-state index < -0.39 is 6.09 Å². The van der Waals surface area contributed by atoms with Crippen molar-refractivity contribution in [3.05, 3.63) is 35.9 Å². The first-order chi connectivity index (χ1) is 15.5. The van der Waals surface area contributed by atoms with E-state index in [1.54, 1.807) is 4.90 Å². The number of piperidine rings is 1. The maximum Gasteiger partial charge on any atom is 0.407 e. The van der Waals surface area contributed by atoms with Crippen molar-refractivity contribution >= 4 is 23.9 Å². The minimum Gasteiger partial charge on any atom is -0.445 e. The van der Waals surface area contributed by atoms with Gasteiger partial charge in [0.2, 0.25) is 11.8 Å². The van der Waals surface area contributed by atoms with Crippen molar-refractivity contribution < 1.29 is 23.9 Å². The minimum absolute atomic E-state index is 0.0330. The molecule has 0 spiro atoms. The second-order valence-corrected chi connectivity index (χ2v) is 8.68. The number of alkyl carbamates (subject to hydrolysis) is 1. The van der Waals surface area contributed by atoms with E-state index in [1.165, 1.54) is 4.90 Å². The number of carbonyl (C=O) groups excluding carboxylic acids is 4. The number of nitrogens with one attached hydrogen (secondary N) is 2. The monoisotopic (exact) mass is 442 g/mol. The second kappa shape index (κ2) is 10.0. The van der Waals surface area contributed by atoms with Gasteiger partial charge in [-0.05, 0) is 31.2 Å². The maximum absolute atomic E-state index is 12.9. The van der Waals surface area contributed by atoms with Gasteiger partial charge in [0.1, 0.15) is 13.2 Å². The topological polar surface area (TPSA) is 108 Å². The van der Waals surface area contributed by atoms with E-state index in [4.69, 9.17) is 4.74 Å². The number of fused-ring (bicyclic) bond motifs is 1. The van der Waals surface area contributed by atoms with Crippen LogP contribution in [0, 0.1) is 5.92 Å². The first-order valence-corrected chi connectivity index (χ1v) is 11.4. The Morgan fingerprint density at radius 2 is 1.75 bits per heavy atom. The fourth-order valence-corrected chi connectivity index (χ4v) is 4.86. The van der Waals surface area contributed by atoms with Gasteiger partial charge < -0.3 is 20.3 Å². The lowest BCUT2D eigenvalue weighted by Crippen LogP contribution is -2.64. The lowest BCUT2D eigenvalue weighted by Gasteiger charge is -2.44. The molecule has 172 valence electrons. The van der Waals surface area contributed by atoms with Crippen LogP contribution in [0.3, 0.4) is 0 Å². The summed E-state index contributed by atoms with van der Waals surface area (Å²) in [6, 6.07) is 8.77. The summed E-state index contributed by atoms with van der Waals surface area (Å²) < 4.78 is 5.12. The van der Waals surface area contributed by atoms with Crippen molar-refractivity contribution in [2.24, 2.45) is 5.92 Å². The summed E-state index contributed by atoms with van der Waals surface area (Å²) in [4.78, 5) is 52.9. The zero-order chi connectivity index (χ0) is 22.5. The quantitative estimate of drug-likeness (QED) is 0.725.